The Labute approximate surface area is 98.6 Å². The van der Waals surface area contributed by atoms with Gasteiger partial charge in [-0.05, 0) is 44.0 Å². The minimum absolute atomic E-state index is 0.177. The summed E-state index contributed by atoms with van der Waals surface area (Å²) in [6.07, 6.45) is 2.02. The molecule has 4 heteroatoms. The van der Waals surface area contributed by atoms with Crippen LogP contribution in [0.25, 0.3) is 0 Å². The summed E-state index contributed by atoms with van der Waals surface area (Å²) in [5.41, 5.74) is 0.509. The maximum atomic E-state index is 13.4. The Balaban J connectivity index is 2.51. The molecule has 1 aliphatic rings. The maximum Gasteiger partial charge on any atom is 0.143 e. The van der Waals surface area contributed by atoms with Gasteiger partial charge < -0.3 is 5.32 Å². The number of hydrogen-bond donors (Lipinski definition) is 1. The summed E-state index contributed by atoms with van der Waals surface area (Å²) in [5, 5.41) is 3.90. The number of rotatable bonds is 1. The summed E-state index contributed by atoms with van der Waals surface area (Å²) < 4.78 is 13.4. The van der Waals surface area contributed by atoms with Gasteiger partial charge in [-0.25, -0.2) is 4.39 Å². The second-order valence-corrected chi connectivity index (χ2v) is 4.93. The highest BCUT2D eigenvalue weighted by Gasteiger charge is 2.33. The van der Waals surface area contributed by atoms with E-state index < -0.39 is 5.82 Å². The van der Waals surface area contributed by atoms with Gasteiger partial charge in [-0.1, -0.05) is 23.2 Å². The van der Waals surface area contributed by atoms with Gasteiger partial charge in [-0.2, -0.15) is 0 Å². The van der Waals surface area contributed by atoms with Gasteiger partial charge in [0.1, 0.15) is 5.82 Å². The van der Waals surface area contributed by atoms with Crippen LogP contribution < -0.4 is 5.32 Å². The number of benzene rings is 1. The molecule has 1 atom stereocenters. The molecule has 1 aliphatic heterocycles. The zero-order valence-electron chi connectivity index (χ0n) is 8.41. The van der Waals surface area contributed by atoms with Gasteiger partial charge in [-0.3, -0.25) is 0 Å². The summed E-state index contributed by atoms with van der Waals surface area (Å²) in [6, 6.07) is 2.98. The fourth-order valence-electron chi connectivity index (χ4n) is 2.08. The molecule has 82 valence electrons. The van der Waals surface area contributed by atoms with Crippen LogP contribution in [0.15, 0.2) is 12.1 Å². The third-order valence-electron chi connectivity index (χ3n) is 2.96. The Kier molecular flexibility index (Phi) is 2.93. The van der Waals surface area contributed by atoms with Gasteiger partial charge >= 0.3 is 0 Å². The smallest absolute Gasteiger partial charge is 0.143 e. The van der Waals surface area contributed by atoms with Crippen molar-refractivity contribution in [2.24, 2.45) is 0 Å². The van der Waals surface area contributed by atoms with Crippen molar-refractivity contribution in [1.29, 1.82) is 0 Å². The molecule has 0 amide bonds. The van der Waals surface area contributed by atoms with E-state index in [4.69, 9.17) is 23.2 Å². The standard InChI is InChI=1S/C11H12Cl2FN/c1-11(3-2-4-15-11)8-5-7(12)6-9(14)10(8)13/h5-6,15H,2-4H2,1H3. The lowest BCUT2D eigenvalue weighted by molar-refractivity contribution is 0.432. The fraction of sp³-hybridized carbons (Fsp3) is 0.455. The van der Waals surface area contributed by atoms with Gasteiger partial charge in [0.05, 0.1) is 5.02 Å². The largest absolute Gasteiger partial charge is 0.308 e. The zero-order valence-corrected chi connectivity index (χ0v) is 9.92. The first kappa shape index (κ1) is 11.2. The molecule has 1 unspecified atom stereocenters. The highest BCUT2D eigenvalue weighted by molar-refractivity contribution is 6.33. The molecular weight excluding hydrogens is 236 g/mol. The molecule has 1 aromatic rings. The van der Waals surface area contributed by atoms with E-state index in [9.17, 15) is 4.39 Å². The molecule has 2 rings (SSSR count). The number of halogens is 3. The van der Waals surface area contributed by atoms with Crippen LogP contribution in [0.3, 0.4) is 0 Å². The number of nitrogens with one attached hydrogen (secondary N) is 1. The molecule has 0 spiro atoms. The van der Waals surface area contributed by atoms with E-state index in [0.29, 0.717) is 5.02 Å². The topological polar surface area (TPSA) is 12.0 Å². The monoisotopic (exact) mass is 247 g/mol. The van der Waals surface area contributed by atoms with Crippen LogP contribution >= 0.6 is 23.2 Å². The molecule has 1 N–H and O–H groups in total. The Morgan fingerprint density at radius 1 is 1.40 bits per heavy atom. The predicted molar refractivity (Wildman–Crippen MR) is 61.0 cm³/mol. The molecule has 0 aliphatic carbocycles. The Morgan fingerprint density at radius 2 is 2.13 bits per heavy atom. The van der Waals surface area contributed by atoms with Crippen LogP contribution in [0, 0.1) is 5.82 Å². The maximum absolute atomic E-state index is 13.4. The summed E-state index contributed by atoms with van der Waals surface area (Å²) >= 11 is 11.8. The molecule has 1 fully saturated rings. The lowest BCUT2D eigenvalue weighted by Crippen LogP contribution is -2.33. The first-order chi connectivity index (χ1) is 7.03. The first-order valence-electron chi connectivity index (χ1n) is 4.93. The van der Waals surface area contributed by atoms with E-state index in [1.54, 1.807) is 6.07 Å². The molecule has 0 bridgehead atoms. The molecule has 0 saturated carbocycles. The minimum atomic E-state index is -0.450. The van der Waals surface area contributed by atoms with Crippen molar-refractivity contribution in [3.05, 3.63) is 33.6 Å². The Bertz CT molecular complexity index is 386. The van der Waals surface area contributed by atoms with Gasteiger partial charge in [-0.15, -0.1) is 0 Å². The third-order valence-corrected chi connectivity index (χ3v) is 3.56. The van der Waals surface area contributed by atoms with E-state index in [1.807, 2.05) is 6.92 Å². The van der Waals surface area contributed by atoms with Crippen LogP contribution in [0.2, 0.25) is 10.0 Å². The van der Waals surface area contributed by atoms with Crippen molar-refractivity contribution in [2.45, 2.75) is 25.3 Å². The van der Waals surface area contributed by atoms with Crippen molar-refractivity contribution in [2.75, 3.05) is 6.54 Å². The van der Waals surface area contributed by atoms with Crippen molar-refractivity contribution >= 4 is 23.2 Å². The highest BCUT2D eigenvalue weighted by Crippen LogP contribution is 2.37. The van der Waals surface area contributed by atoms with Crippen molar-refractivity contribution in [3.8, 4) is 0 Å². The van der Waals surface area contributed by atoms with Crippen molar-refractivity contribution < 1.29 is 4.39 Å². The second kappa shape index (κ2) is 3.93. The van der Waals surface area contributed by atoms with Crippen LogP contribution in [0.4, 0.5) is 4.39 Å². The van der Waals surface area contributed by atoms with E-state index >= 15 is 0 Å². The molecule has 0 radical (unpaired) electrons. The molecular formula is C11H12Cl2FN. The summed E-state index contributed by atoms with van der Waals surface area (Å²) in [7, 11) is 0. The van der Waals surface area contributed by atoms with Crippen LogP contribution in [-0.4, -0.2) is 6.54 Å². The molecule has 15 heavy (non-hydrogen) atoms. The van der Waals surface area contributed by atoms with E-state index in [1.165, 1.54) is 6.07 Å². The minimum Gasteiger partial charge on any atom is -0.308 e. The average molecular weight is 248 g/mol. The molecule has 1 aromatic carbocycles. The Hall–Kier alpha value is -0.310. The van der Waals surface area contributed by atoms with Crippen molar-refractivity contribution in [3.63, 3.8) is 0 Å². The lowest BCUT2D eigenvalue weighted by Gasteiger charge is -2.26. The van der Waals surface area contributed by atoms with Crippen LogP contribution in [0.1, 0.15) is 25.3 Å². The lowest BCUT2D eigenvalue weighted by atomic mass is 9.90. The zero-order chi connectivity index (χ0) is 11.1. The third kappa shape index (κ3) is 1.99. The Morgan fingerprint density at radius 3 is 2.73 bits per heavy atom. The normalized spacial score (nSPS) is 25.9. The van der Waals surface area contributed by atoms with Crippen LogP contribution in [0.5, 0.6) is 0 Å². The van der Waals surface area contributed by atoms with E-state index in [2.05, 4.69) is 5.32 Å². The fourth-order valence-corrected chi connectivity index (χ4v) is 2.60. The number of hydrogen-bond acceptors (Lipinski definition) is 1. The first-order valence-corrected chi connectivity index (χ1v) is 5.68. The van der Waals surface area contributed by atoms with Gasteiger partial charge in [0, 0.05) is 10.6 Å². The molecule has 1 heterocycles. The summed E-state index contributed by atoms with van der Waals surface area (Å²) in [4.78, 5) is 0. The van der Waals surface area contributed by atoms with E-state index in [0.717, 1.165) is 24.9 Å². The molecule has 1 saturated heterocycles. The van der Waals surface area contributed by atoms with E-state index in [-0.39, 0.29) is 10.6 Å². The predicted octanol–water partition coefficient (Wildman–Crippen LogP) is 3.73. The molecule has 1 nitrogen and oxygen atoms in total. The summed E-state index contributed by atoms with van der Waals surface area (Å²) in [5.74, 6) is -0.450. The van der Waals surface area contributed by atoms with Gasteiger partial charge in [0.15, 0.2) is 0 Å². The van der Waals surface area contributed by atoms with Gasteiger partial charge in [0.25, 0.3) is 0 Å². The molecule has 0 aromatic heterocycles. The quantitative estimate of drug-likeness (QED) is 0.746. The van der Waals surface area contributed by atoms with Crippen LogP contribution in [-0.2, 0) is 5.54 Å². The van der Waals surface area contributed by atoms with Gasteiger partial charge in [0.2, 0.25) is 0 Å². The van der Waals surface area contributed by atoms with Crippen molar-refractivity contribution in [1.82, 2.24) is 5.32 Å². The highest BCUT2D eigenvalue weighted by atomic mass is 35.5. The summed E-state index contributed by atoms with van der Waals surface area (Å²) in [6.45, 7) is 2.96. The average Bonchev–Trinajstić information content (AvgIpc) is 2.59. The SMILES string of the molecule is CC1(c2cc(Cl)cc(F)c2Cl)CCCN1. The second-order valence-electron chi connectivity index (χ2n) is 4.11.